The summed E-state index contributed by atoms with van der Waals surface area (Å²) in [4.78, 5) is 25.8. The molecule has 0 aliphatic carbocycles. The molecule has 160 valence electrons. The van der Waals surface area contributed by atoms with E-state index in [1.54, 1.807) is 42.6 Å². The van der Waals surface area contributed by atoms with E-state index in [2.05, 4.69) is 20.0 Å². The highest BCUT2D eigenvalue weighted by Crippen LogP contribution is 2.24. The molecule has 3 heterocycles. The van der Waals surface area contributed by atoms with E-state index >= 15 is 0 Å². The van der Waals surface area contributed by atoms with Crippen LogP contribution in [0.25, 0.3) is 22.8 Å². The number of benzene rings is 2. The molecule has 0 saturated carbocycles. The van der Waals surface area contributed by atoms with Crippen LogP contribution < -0.4 is 4.90 Å². The van der Waals surface area contributed by atoms with Crippen LogP contribution in [0.15, 0.2) is 77.4 Å². The smallest absolute Gasteiger partial charge is 0.258 e. The van der Waals surface area contributed by atoms with Gasteiger partial charge in [-0.3, -0.25) is 4.79 Å². The van der Waals surface area contributed by atoms with E-state index in [1.807, 2.05) is 23.1 Å². The van der Waals surface area contributed by atoms with Crippen LogP contribution in [0.1, 0.15) is 10.4 Å². The second-order valence-corrected chi connectivity index (χ2v) is 7.48. The number of nitrogens with zero attached hydrogens (tertiary/aromatic N) is 5. The highest BCUT2D eigenvalue weighted by atomic mass is 19.1. The van der Waals surface area contributed by atoms with Gasteiger partial charge in [0.15, 0.2) is 0 Å². The van der Waals surface area contributed by atoms with Gasteiger partial charge in [-0.25, -0.2) is 9.37 Å². The third-order valence-corrected chi connectivity index (χ3v) is 5.41. The summed E-state index contributed by atoms with van der Waals surface area (Å²) in [7, 11) is 0. The van der Waals surface area contributed by atoms with E-state index in [0.29, 0.717) is 35.6 Å². The van der Waals surface area contributed by atoms with Crippen molar-refractivity contribution in [1.29, 1.82) is 0 Å². The van der Waals surface area contributed by atoms with E-state index in [0.717, 1.165) is 18.9 Å². The van der Waals surface area contributed by atoms with Gasteiger partial charge < -0.3 is 14.3 Å². The maximum Gasteiger partial charge on any atom is 0.258 e. The van der Waals surface area contributed by atoms with Gasteiger partial charge in [0.2, 0.25) is 5.82 Å². The quantitative estimate of drug-likeness (QED) is 0.490. The van der Waals surface area contributed by atoms with Gasteiger partial charge in [-0.2, -0.15) is 4.98 Å². The first-order valence-electron chi connectivity index (χ1n) is 10.3. The average molecular weight is 429 g/mol. The average Bonchev–Trinajstić information content (AvgIpc) is 3.35. The van der Waals surface area contributed by atoms with Crippen molar-refractivity contribution in [1.82, 2.24) is 20.0 Å². The van der Waals surface area contributed by atoms with E-state index in [-0.39, 0.29) is 17.6 Å². The SMILES string of the molecule is O=C(c1cccc(-c2nc(-c3cccc(F)c3)no2)c1)N1CCN(c2ccccn2)CC1. The van der Waals surface area contributed by atoms with Crippen LogP contribution in [-0.4, -0.2) is 52.1 Å². The summed E-state index contributed by atoms with van der Waals surface area (Å²) in [5.74, 6) is 1.08. The molecule has 5 rings (SSSR count). The van der Waals surface area contributed by atoms with E-state index in [9.17, 15) is 9.18 Å². The molecule has 2 aromatic carbocycles. The van der Waals surface area contributed by atoms with Crippen molar-refractivity contribution in [3.8, 4) is 22.8 Å². The van der Waals surface area contributed by atoms with Crippen LogP contribution in [0.4, 0.5) is 10.2 Å². The van der Waals surface area contributed by atoms with Crippen molar-refractivity contribution in [2.75, 3.05) is 31.1 Å². The molecule has 8 heteroatoms. The molecule has 1 amide bonds. The van der Waals surface area contributed by atoms with Crippen LogP contribution in [0.5, 0.6) is 0 Å². The van der Waals surface area contributed by atoms with Gasteiger partial charge >= 0.3 is 0 Å². The second-order valence-electron chi connectivity index (χ2n) is 7.48. The molecular formula is C24H20FN5O2. The Hall–Kier alpha value is -4.07. The Morgan fingerprint density at radius 2 is 1.72 bits per heavy atom. The predicted molar refractivity (Wildman–Crippen MR) is 117 cm³/mol. The molecule has 7 nitrogen and oxygen atoms in total. The minimum atomic E-state index is -0.371. The van der Waals surface area contributed by atoms with Crippen LogP contribution in [0.3, 0.4) is 0 Å². The van der Waals surface area contributed by atoms with Crippen molar-refractivity contribution in [2.24, 2.45) is 0 Å². The number of carbonyl (C=O) groups excluding carboxylic acids is 1. The molecule has 1 fully saturated rings. The number of rotatable bonds is 4. The zero-order valence-corrected chi connectivity index (χ0v) is 17.2. The van der Waals surface area contributed by atoms with Gasteiger partial charge in [0.1, 0.15) is 11.6 Å². The number of piperazine rings is 1. The number of hydrogen-bond acceptors (Lipinski definition) is 6. The summed E-state index contributed by atoms with van der Waals surface area (Å²) in [6.07, 6.45) is 1.77. The molecule has 1 saturated heterocycles. The topological polar surface area (TPSA) is 75.4 Å². The van der Waals surface area contributed by atoms with Crippen LogP contribution in [0.2, 0.25) is 0 Å². The number of amides is 1. The highest BCUT2D eigenvalue weighted by molar-refractivity contribution is 5.95. The Morgan fingerprint density at radius 1 is 0.906 bits per heavy atom. The maximum absolute atomic E-state index is 13.5. The molecule has 1 aliphatic rings. The lowest BCUT2D eigenvalue weighted by atomic mass is 10.1. The fourth-order valence-corrected chi connectivity index (χ4v) is 3.73. The molecule has 0 bridgehead atoms. The van der Waals surface area contributed by atoms with Crippen molar-refractivity contribution < 1.29 is 13.7 Å². The summed E-state index contributed by atoms with van der Waals surface area (Å²) in [6, 6.07) is 19.0. The van der Waals surface area contributed by atoms with E-state index in [4.69, 9.17) is 4.52 Å². The summed E-state index contributed by atoms with van der Waals surface area (Å²) in [6.45, 7) is 2.68. The van der Waals surface area contributed by atoms with Crippen molar-refractivity contribution >= 4 is 11.7 Å². The Morgan fingerprint density at radius 3 is 2.50 bits per heavy atom. The largest absolute Gasteiger partial charge is 0.353 e. The normalized spacial score (nSPS) is 13.9. The second kappa shape index (κ2) is 8.58. The van der Waals surface area contributed by atoms with Crippen LogP contribution >= 0.6 is 0 Å². The summed E-state index contributed by atoms with van der Waals surface area (Å²) >= 11 is 0. The molecule has 2 aromatic heterocycles. The monoisotopic (exact) mass is 429 g/mol. The first-order valence-corrected chi connectivity index (χ1v) is 10.3. The van der Waals surface area contributed by atoms with Gasteiger partial charge in [-0.05, 0) is 42.5 Å². The molecule has 0 atom stereocenters. The van der Waals surface area contributed by atoms with Crippen molar-refractivity contribution in [3.63, 3.8) is 0 Å². The molecule has 1 aliphatic heterocycles. The van der Waals surface area contributed by atoms with E-state index < -0.39 is 0 Å². The molecular weight excluding hydrogens is 409 g/mol. The Kier molecular flexibility index (Phi) is 5.33. The Balaban J connectivity index is 1.30. The predicted octanol–water partition coefficient (Wildman–Crippen LogP) is 3.90. The lowest BCUT2D eigenvalue weighted by Gasteiger charge is -2.35. The van der Waals surface area contributed by atoms with Crippen molar-refractivity contribution in [2.45, 2.75) is 0 Å². The number of aromatic nitrogens is 3. The molecule has 4 aromatic rings. The first kappa shape index (κ1) is 19.9. The van der Waals surface area contributed by atoms with Gasteiger partial charge in [-0.1, -0.05) is 29.4 Å². The molecule has 0 radical (unpaired) electrons. The minimum absolute atomic E-state index is 0.0441. The fourth-order valence-electron chi connectivity index (χ4n) is 3.73. The Labute approximate surface area is 184 Å². The molecule has 32 heavy (non-hydrogen) atoms. The lowest BCUT2D eigenvalue weighted by molar-refractivity contribution is 0.0746. The maximum atomic E-state index is 13.5. The molecule has 0 N–H and O–H groups in total. The van der Waals surface area contributed by atoms with E-state index in [1.165, 1.54) is 12.1 Å². The zero-order valence-electron chi connectivity index (χ0n) is 17.2. The summed E-state index contributed by atoms with van der Waals surface area (Å²) < 4.78 is 18.9. The number of carbonyl (C=O) groups is 1. The number of hydrogen-bond donors (Lipinski definition) is 0. The number of pyridine rings is 1. The van der Waals surface area contributed by atoms with Gasteiger partial charge in [-0.15, -0.1) is 0 Å². The highest BCUT2D eigenvalue weighted by Gasteiger charge is 2.23. The number of anilines is 1. The summed E-state index contributed by atoms with van der Waals surface area (Å²) in [5, 5.41) is 3.95. The fraction of sp³-hybridized carbons (Fsp3) is 0.167. The number of halogens is 1. The first-order chi connectivity index (χ1) is 15.7. The van der Waals surface area contributed by atoms with Gasteiger partial charge in [0.25, 0.3) is 11.8 Å². The third-order valence-electron chi connectivity index (χ3n) is 5.41. The Bertz CT molecular complexity index is 1240. The van der Waals surface area contributed by atoms with Crippen LogP contribution in [-0.2, 0) is 0 Å². The zero-order chi connectivity index (χ0) is 21.9. The third kappa shape index (κ3) is 4.07. The van der Waals surface area contributed by atoms with Crippen LogP contribution in [0, 0.1) is 5.82 Å². The lowest BCUT2D eigenvalue weighted by Crippen LogP contribution is -2.49. The minimum Gasteiger partial charge on any atom is -0.353 e. The van der Waals surface area contributed by atoms with Gasteiger partial charge in [0.05, 0.1) is 0 Å². The summed E-state index contributed by atoms with van der Waals surface area (Å²) in [5.41, 5.74) is 1.72. The molecule has 0 spiro atoms. The van der Waals surface area contributed by atoms with Crippen molar-refractivity contribution in [3.05, 3.63) is 84.3 Å². The molecule has 0 unspecified atom stereocenters. The standard InChI is InChI=1S/C24H20FN5O2/c25-20-8-4-5-17(16-20)22-27-23(32-28-22)18-6-3-7-19(15-18)24(31)30-13-11-29(12-14-30)21-9-1-2-10-26-21/h1-10,15-16H,11-14H2. The van der Waals surface area contributed by atoms with Gasteiger partial charge in [0, 0.05) is 49.1 Å².